The molecular weight excluding hydrogens is 406 g/mol. The summed E-state index contributed by atoms with van der Waals surface area (Å²) in [7, 11) is -2.00. The third kappa shape index (κ3) is 3.92. The molecule has 3 heterocycles. The van der Waals surface area contributed by atoms with Gasteiger partial charge in [0.05, 0.1) is 17.6 Å². The molecule has 158 valence electrons. The molecule has 1 fully saturated rings. The van der Waals surface area contributed by atoms with E-state index in [1.807, 2.05) is 6.92 Å². The predicted octanol–water partition coefficient (Wildman–Crippen LogP) is 2.72. The Bertz CT molecular complexity index is 1140. The van der Waals surface area contributed by atoms with E-state index in [-0.39, 0.29) is 10.8 Å². The Balaban J connectivity index is 1.45. The maximum absolute atomic E-state index is 13.0. The summed E-state index contributed by atoms with van der Waals surface area (Å²) in [6, 6.07) is 4.92. The van der Waals surface area contributed by atoms with E-state index in [2.05, 4.69) is 20.2 Å². The molecule has 30 heavy (non-hydrogen) atoms. The molecule has 0 saturated carbocycles. The monoisotopic (exact) mass is 429 g/mol. The molecular formula is C20H23N5O4S. The summed E-state index contributed by atoms with van der Waals surface area (Å²) in [4.78, 5) is 8.56. The number of aryl methyl sites for hydroxylation is 2. The van der Waals surface area contributed by atoms with Crippen molar-refractivity contribution in [1.29, 1.82) is 0 Å². The van der Waals surface area contributed by atoms with Gasteiger partial charge >= 0.3 is 0 Å². The first-order valence-corrected chi connectivity index (χ1v) is 11.1. The van der Waals surface area contributed by atoms with Crippen LogP contribution in [0.15, 0.2) is 39.9 Å². The van der Waals surface area contributed by atoms with Gasteiger partial charge in [-0.25, -0.2) is 18.4 Å². The molecule has 0 unspecified atom stereocenters. The normalized spacial score (nSPS) is 16.0. The Labute approximate surface area is 175 Å². The minimum atomic E-state index is -3.56. The van der Waals surface area contributed by atoms with Crippen molar-refractivity contribution < 1.29 is 17.6 Å². The van der Waals surface area contributed by atoms with E-state index < -0.39 is 10.0 Å². The van der Waals surface area contributed by atoms with Gasteiger partial charge in [-0.1, -0.05) is 0 Å². The standard InChI is InChI=1S/C20H23N5O4S/c1-13-10-17(4-5-18(13)28-3)30(26,27)25-8-6-15(7-9-25)19-23-24-20(29-19)16-11-21-14(2)22-12-16/h4-5,10-12,15H,6-9H2,1-3H3. The zero-order chi connectivity index (χ0) is 21.3. The number of hydrogen-bond donors (Lipinski definition) is 0. The van der Waals surface area contributed by atoms with Crippen LogP contribution in [0.4, 0.5) is 0 Å². The molecule has 1 aliphatic rings. The summed E-state index contributed by atoms with van der Waals surface area (Å²) in [5.74, 6) is 2.23. The molecule has 10 heteroatoms. The second-order valence-corrected chi connectivity index (χ2v) is 9.21. The zero-order valence-electron chi connectivity index (χ0n) is 17.1. The van der Waals surface area contributed by atoms with Crippen LogP contribution in [0.5, 0.6) is 5.75 Å². The van der Waals surface area contributed by atoms with Crippen LogP contribution in [-0.2, 0) is 10.0 Å². The van der Waals surface area contributed by atoms with Crippen LogP contribution in [0.2, 0.25) is 0 Å². The number of methoxy groups -OCH3 is 1. The Morgan fingerprint density at radius 2 is 1.80 bits per heavy atom. The fraction of sp³-hybridized carbons (Fsp3) is 0.400. The molecule has 0 atom stereocenters. The van der Waals surface area contributed by atoms with Crippen molar-refractivity contribution in [2.75, 3.05) is 20.2 Å². The number of hydrogen-bond acceptors (Lipinski definition) is 8. The number of sulfonamides is 1. The molecule has 0 bridgehead atoms. The Hall–Kier alpha value is -2.85. The van der Waals surface area contributed by atoms with Gasteiger partial charge in [-0.2, -0.15) is 4.31 Å². The van der Waals surface area contributed by atoms with E-state index >= 15 is 0 Å². The van der Waals surface area contributed by atoms with Crippen LogP contribution in [0.3, 0.4) is 0 Å². The third-order valence-electron chi connectivity index (χ3n) is 5.28. The first kappa shape index (κ1) is 20.4. The summed E-state index contributed by atoms with van der Waals surface area (Å²) in [6.45, 7) is 4.42. The molecule has 0 radical (unpaired) electrons. The topological polar surface area (TPSA) is 111 Å². The summed E-state index contributed by atoms with van der Waals surface area (Å²) < 4.78 is 38.6. The summed E-state index contributed by atoms with van der Waals surface area (Å²) in [5, 5.41) is 8.25. The second-order valence-electron chi connectivity index (χ2n) is 7.27. The van der Waals surface area contributed by atoms with Gasteiger partial charge in [-0.15, -0.1) is 10.2 Å². The van der Waals surface area contributed by atoms with Crippen LogP contribution in [-0.4, -0.2) is 53.1 Å². The quantitative estimate of drug-likeness (QED) is 0.609. The zero-order valence-corrected chi connectivity index (χ0v) is 17.9. The minimum absolute atomic E-state index is 0.0154. The second kappa shape index (κ2) is 8.11. The molecule has 0 aliphatic carbocycles. The molecule has 4 rings (SSSR count). The third-order valence-corrected chi connectivity index (χ3v) is 7.17. The van der Waals surface area contributed by atoms with E-state index in [1.165, 1.54) is 4.31 Å². The lowest BCUT2D eigenvalue weighted by Crippen LogP contribution is -2.38. The van der Waals surface area contributed by atoms with E-state index in [4.69, 9.17) is 9.15 Å². The number of piperidine rings is 1. The number of benzene rings is 1. The first-order valence-electron chi connectivity index (χ1n) is 9.65. The highest BCUT2D eigenvalue weighted by molar-refractivity contribution is 7.89. The maximum atomic E-state index is 13.0. The first-order chi connectivity index (χ1) is 14.4. The lowest BCUT2D eigenvalue weighted by Gasteiger charge is -2.29. The molecule has 1 saturated heterocycles. The fourth-order valence-corrected chi connectivity index (χ4v) is 5.08. The molecule has 9 nitrogen and oxygen atoms in total. The van der Waals surface area contributed by atoms with Crippen LogP contribution < -0.4 is 4.74 Å². The van der Waals surface area contributed by atoms with E-state index in [0.717, 1.165) is 5.56 Å². The summed E-state index contributed by atoms with van der Waals surface area (Å²) >= 11 is 0. The van der Waals surface area contributed by atoms with Crippen LogP contribution in [0.1, 0.15) is 36.0 Å². The molecule has 1 aliphatic heterocycles. The van der Waals surface area contributed by atoms with Crippen molar-refractivity contribution in [3.8, 4) is 17.2 Å². The van der Waals surface area contributed by atoms with Gasteiger partial charge in [0.25, 0.3) is 5.89 Å². The molecule has 0 spiro atoms. The van der Waals surface area contributed by atoms with Gasteiger partial charge in [0.2, 0.25) is 15.9 Å². The van der Waals surface area contributed by atoms with Crippen LogP contribution >= 0.6 is 0 Å². The number of rotatable bonds is 5. The highest BCUT2D eigenvalue weighted by Crippen LogP contribution is 2.32. The van der Waals surface area contributed by atoms with Gasteiger partial charge in [0.1, 0.15) is 11.6 Å². The van der Waals surface area contributed by atoms with Crippen LogP contribution in [0, 0.1) is 13.8 Å². The van der Waals surface area contributed by atoms with E-state index in [1.54, 1.807) is 44.6 Å². The molecule has 0 amide bonds. The van der Waals surface area contributed by atoms with Gasteiger partial charge in [-0.3, -0.25) is 0 Å². The van der Waals surface area contributed by atoms with Crippen molar-refractivity contribution in [2.45, 2.75) is 37.5 Å². The number of aromatic nitrogens is 4. The molecule has 0 N–H and O–H groups in total. The Morgan fingerprint density at radius 3 is 2.43 bits per heavy atom. The maximum Gasteiger partial charge on any atom is 0.250 e. The van der Waals surface area contributed by atoms with Crippen molar-refractivity contribution in [3.05, 3.63) is 47.9 Å². The predicted molar refractivity (Wildman–Crippen MR) is 109 cm³/mol. The minimum Gasteiger partial charge on any atom is -0.496 e. The van der Waals surface area contributed by atoms with E-state index in [9.17, 15) is 8.42 Å². The number of ether oxygens (including phenoxy) is 1. The lowest BCUT2D eigenvalue weighted by atomic mass is 9.98. The molecule has 2 aromatic heterocycles. The van der Waals surface area contributed by atoms with E-state index in [0.29, 0.717) is 54.8 Å². The number of nitrogens with zero attached hydrogens (tertiary/aromatic N) is 5. The highest BCUT2D eigenvalue weighted by atomic mass is 32.2. The van der Waals surface area contributed by atoms with Crippen molar-refractivity contribution in [2.24, 2.45) is 0 Å². The highest BCUT2D eigenvalue weighted by Gasteiger charge is 2.32. The van der Waals surface area contributed by atoms with Gasteiger partial charge in [-0.05, 0) is 50.5 Å². The summed E-state index contributed by atoms with van der Waals surface area (Å²) in [6.07, 6.45) is 4.51. The van der Waals surface area contributed by atoms with Crippen molar-refractivity contribution in [3.63, 3.8) is 0 Å². The fourth-order valence-electron chi connectivity index (χ4n) is 3.52. The van der Waals surface area contributed by atoms with Crippen molar-refractivity contribution >= 4 is 10.0 Å². The molecule has 1 aromatic carbocycles. The SMILES string of the molecule is COc1ccc(S(=O)(=O)N2CCC(c3nnc(-c4cnc(C)nc4)o3)CC2)cc1C. The van der Waals surface area contributed by atoms with Crippen molar-refractivity contribution in [1.82, 2.24) is 24.5 Å². The largest absolute Gasteiger partial charge is 0.496 e. The van der Waals surface area contributed by atoms with Gasteiger partial charge < -0.3 is 9.15 Å². The van der Waals surface area contributed by atoms with Crippen LogP contribution in [0.25, 0.3) is 11.5 Å². The average Bonchev–Trinajstić information content (AvgIpc) is 3.24. The Kier molecular flexibility index (Phi) is 5.52. The van der Waals surface area contributed by atoms with Gasteiger partial charge in [0.15, 0.2) is 0 Å². The Morgan fingerprint density at radius 1 is 1.10 bits per heavy atom. The smallest absolute Gasteiger partial charge is 0.250 e. The van der Waals surface area contributed by atoms with Gasteiger partial charge in [0, 0.05) is 31.4 Å². The molecule has 3 aromatic rings. The lowest BCUT2D eigenvalue weighted by molar-refractivity contribution is 0.291. The average molecular weight is 430 g/mol. The summed E-state index contributed by atoms with van der Waals surface area (Å²) in [5.41, 5.74) is 1.45.